The standard InChI is InChI=1S/C17H16F3NO/c1-16(2,3)10-5-7-14-13(8-10)21-12-6-4-11(17(18,19)20)9-15(12)22-14/h4-9,21H,1-3H3. The molecule has 0 aliphatic carbocycles. The summed E-state index contributed by atoms with van der Waals surface area (Å²) in [5.74, 6) is 0.714. The van der Waals surface area contributed by atoms with Crippen LogP contribution in [0.4, 0.5) is 24.5 Å². The summed E-state index contributed by atoms with van der Waals surface area (Å²) in [5, 5.41) is 3.14. The molecule has 0 bridgehead atoms. The molecule has 2 nitrogen and oxygen atoms in total. The van der Waals surface area contributed by atoms with Gasteiger partial charge in [-0.3, -0.25) is 0 Å². The minimum Gasteiger partial charge on any atom is -0.453 e. The fourth-order valence-corrected chi connectivity index (χ4v) is 2.33. The van der Waals surface area contributed by atoms with Crippen LogP contribution < -0.4 is 10.1 Å². The van der Waals surface area contributed by atoms with Crippen molar-refractivity contribution < 1.29 is 17.9 Å². The van der Waals surface area contributed by atoms with Crippen LogP contribution in [-0.4, -0.2) is 0 Å². The second-order valence-corrected chi connectivity index (χ2v) is 6.40. The van der Waals surface area contributed by atoms with Crippen molar-refractivity contribution in [2.45, 2.75) is 32.4 Å². The van der Waals surface area contributed by atoms with Gasteiger partial charge in [0, 0.05) is 0 Å². The highest BCUT2D eigenvalue weighted by atomic mass is 19.4. The van der Waals surface area contributed by atoms with Crippen molar-refractivity contribution in [3.05, 3.63) is 47.5 Å². The van der Waals surface area contributed by atoms with Crippen LogP contribution in [0, 0.1) is 0 Å². The Bertz CT molecular complexity index is 666. The lowest BCUT2D eigenvalue weighted by molar-refractivity contribution is -0.137. The molecular weight excluding hydrogens is 291 g/mol. The van der Waals surface area contributed by atoms with Gasteiger partial charge in [-0.25, -0.2) is 0 Å². The average Bonchev–Trinajstić information content (AvgIpc) is 2.41. The molecule has 0 unspecified atom stereocenters. The fraction of sp³-hybridized carbons (Fsp3) is 0.294. The Labute approximate surface area is 126 Å². The highest BCUT2D eigenvalue weighted by Gasteiger charge is 2.32. The maximum absolute atomic E-state index is 12.8. The third-order valence-corrected chi connectivity index (χ3v) is 3.64. The Morgan fingerprint density at radius 3 is 2.14 bits per heavy atom. The second-order valence-electron chi connectivity index (χ2n) is 6.40. The Morgan fingerprint density at radius 1 is 0.818 bits per heavy atom. The molecular formula is C17H16F3NO. The maximum Gasteiger partial charge on any atom is 0.416 e. The summed E-state index contributed by atoms with van der Waals surface area (Å²) in [7, 11) is 0. The first-order valence-electron chi connectivity index (χ1n) is 6.95. The molecule has 0 atom stereocenters. The van der Waals surface area contributed by atoms with E-state index >= 15 is 0 Å². The first kappa shape index (κ1) is 14.8. The lowest BCUT2D eigenvalue weighted by Crippen LogP contribution is -2.13. The van der Waals surface area contributed by atoms with Crippen molar-refractivity contribution in [3.63, 3.8) is 0 Å². The second kappa shape index (κ2) is 4.66. The molecule has 3 rings (SSSR count). The summed E-state index contributed by atoms with van der Waals surface area (Å²) >= 11 is 0. The van der Waals surface area contributed by atoms with Crippen molar-refractivity contribution in [2.75, 3.05) is 5.32 Å². The van der Waals surface area contributed by atoms with Crippen molar-refractivity contribution in [2.24, 2.45) is 0 Å². The van der Waals surface area contributed by atoms with E-state index in [0.29, 0.717) is 11.4 Å². The van der Waals surface area contributed by atoms with Gasteiger partial charge in [0.05, 0.1) is 16.9 Å². The van der Waals surface area contributed by atoms with Gasteiger partial charge in [-0.1, -0.05) is 26.8 Å². The predicted octanol–water partition coefficient (Wildman–Crippen LogP) is 5.85. The van der Waals surface area contributed by atoms with Crippen LogP contribution in [0.15, 0.2) is 36.4 Å². The molecule has 1 aliphatic heterocycles. The Kier molecular flexibility index (Phi) is 3.13. The Hall–Kier alpha value is -2.17. The quantitative estimate of drug-likeness (QED) is 0.562. The number of hydrogen-bond donors (Lipinski definition) is 1. The number of fused-ring (bicyclic) bond motifs is 2. The summed E-state index contributed by atoms with van der Waals surface area (Å²) in [6.07, 6.45) is -4.38. The summed E-state index contributed by atoms with van der Waals surface area (Å²) in [6.45, 7) is 6.30. The van der Waals surface area contributed by atoms with E-state index in [1.807, 2.05) is 12.1 Å². The highest BCUT2D eigenvalue weighted by Crippen LogP contribution is 2.45. The monoisotopic (exact) mass is 307 g/mol. The molecule has 116 valence electrons. The summed E-state index contributed by atoms with van der Waals surface area (Å²) in [6, 6.07) is 9.14. The van der Waals surface area contributed by atoms with Crippen LogP contribution >= 0.6 is 0 Å². The zero-order chi connectivity index (χ0) is 16.1. The van der Waals surface area contributed by atoms with Crippen molar-refractivity contribution >= 4 is 11.4 Å². The Morgan fingerprint density at radius 2 is 1.50 bits per heavy atom. The Balaban J connectivity index is 1.99. The molecule has 0 radical (unpaired) electrons. The summed E-state index contributed by atoms with van der Waals surface area (Å²) in [4.78, 5) is 0. The van der Waals surface area contributed by atoms with Gasteiger partial charge in [-0.15, -0.1) is 0 Å². The molecule has 1 heterocycles. The van der Waals surface area contributed by atoms with Crippen LogP contribution in [-0.2, 0) is 11.6 Å². The van der Waals surface area contributed by atoms with E-state index in [0.717, 1.165) is 23.4 Å². The van der Waals surface area contributed by atoms with Gasteiger partial charge in [-0.05, 0) is 41.3 Å². The normalized spacial score (nSPS) is 13.7. The third-order valence-electron chi connectivity index (χ3n) is 3.64. The van der Waals surface area contributed by atoms with Crippen LogP contribution in [0.1, 0.15) is 31.9 Å². The average molecular weight is 307 g/mol. The lowest BCUT2D eigenvalue weighted by Gasteiger charge is -2.26. The molecule has 0 amide bonds. The molecule has 22 heavy (non-hydrogen) atoms. The fourth-order valence-electron chi connectivity index (χ4n) is 2.33. The van der Waals surface area contributed by atoms with E-state index in [-0.39, 0.29) is 11.2 Å². The molecule has 0 aromatic heterocycles. The molecule has 0 saturated carbocycles. The largest absolute Gasteiger partial charge is 0.453 e. The van der Waals surface area contributed by atoms with E-state index in [9.17, 15) is 13.2 Å². The molecule has 5 heteroatoms. The van der Waals surface area contributed by atoms with Crippen molar-refractivity contribution in [3.8, 4) is 11.5 Å². The van der Waals surface area contributed by atoms with E-state index in [4.69, 9.17) is 4.74 Å². The van der Waals surface area contributed by atoms with Gasteiger partial charge in [0.1, 0.15) is 0 Å². The molecule has 1 aliphatic rings. The molecule has 0 fully saturated rings. The van der Waals surface area contributed by atoms with Gasteiger partial charge in [0.25, 0.3) is 0 Å². The molecule has 0 spiro atoms. The van der Waals surface area contributed by atoms with E-state index in [1.165, 1.54) is 6.07 Å². The number of alkyl halides is 3. The summed E-state index contributed by atoms with van der Waals surface area (Å²) < 4.78 is 43.9. The van der Waals surface area contributed by atoms with Gasteiger partial charge in [0.15, 0.2) is 11.5 Å². The predicted molar refractivity (Wildman–Crippen MR) is 79.9 cm³/mol. The van der Waals surface area contributed by atoms with Gasteiger partial charge in [0.2, 0.25) is 0 Å². The number of benzene rings is 2. The smallest absolute Gasteiger partial charge is 0.416 e. The maximum atomic E-state index is 12.8. The molecule has 0 saturated heterocycles. The van der Waals surface area contributed by atoms with Crippen LogP contribution in [0.3, 0.4) is 0 Å². The van der Waals surface area contributed by atoms with E-state index in [2.05, 4.69) is 26.1 Å². The highest BCUT2D eigenvalue weighted by molar-refractivity contribution is 5.76. The summed E-state index contributed by atoms with van der Waals surface area (Å²) in [5.41, 5.74) is 1.68. The minimum atomic E-state index is -4.38. The van der Waals surface area contributed by atoms with Crippen LogP contribution in [0.5, 0.6) is 11.5 Å². The number of rotatable bonds is 0. The van der Waals surface area contributed by atoms with Crippen molar-refractivity contribution in [1.82, 2.24) is 0 Å². The molecule has 2 aromatic carbocycles. The first-order valence-corrected chi connectivity index (χ1v) is 6.95. The molecule has 2 aromatic rings. The topological polar surface area (TPSA) is 21.3 Å². The first-order chi connectivity index (χ1) is 10.1. The number of hydrogen-bond acceptors (Lipinski definition) is 2. The zero-order valence-electron chi connectivity index (χ0n) is 12.5. The van der Waals surface area contributed by atoms with Gasteiger partial charge >= 0.3 is 6.18 Å². The number of ether oxygens (including phenoxy) is 1. The SMILES string of the molecule is CC(C)(C)c1ccc2c(c1)Nc1ccc(C(F)(F)F)cc1O2. The van der Waals surface area contributed by atoms with Crippen molar-refractivity contribution in [1.29, 1.82) is 0 Å². The zero-order valence-corrected chi connectivity index (χ0v) is 12.5. The lowest BCUT2D eigenvalue weighted by atomic mass is 9.86. The van der Waals surface area contributed by atoms with Crippen LogP contribution in [0.2, 0.25) is 0 Å². The number of halogens is 3. The number of nitrogens with one attached hydrogen (secondary N) is 1. The van der Waals surface area contributed by atoms with E-state index < -0.39 is 11.7 Å². The molecule has 1 N–H and O–H groups in total. The minimum absolute atomic E-state index is 0.0167. The third kappa shape index (κ3) is 2.63. The van der Waals surface area contributed by atoms with Gasteiger partial charge < -0.3 is 10.1 Å². The van der Waals surface area contributed by atoms with Gasteiger partial charge in [-0.2, -0.15) is 13.2 Å². The number of anilines is 2. The van der Waals surface area contributed by atoms with Crippen LogP contribution in [0.25, 0.3) is 0 Å². The van der Waals surface area contributed by atoms with E-state index in [1.54, 1.807) is 6.07 Å².